The summed E-state index contributed by atoms with van der Waals surface area (Å²) in [4.78, 5) is 14.3. The molecule has 0 aliphatic carbocycles. The lowest BCUT2D eigenvalue weighted by molar-refractivity contribution is -0.384. The zero-order chi connectivity index (χ0) is 14.8. The second-order valence-electron chi connectivity index (χ2n) is 4.65. The van der Waals surface area contributed by atoms with E-state index in [1.165, 1.54) is 12.1 Å². The van der Waals surface area contributed by atoms with Crippen LogP contribution in [0.15, 0.2) is 12.1 Å². The van der Waals surface area contributed by atoms with Gasteiger partial charge in [0.2, 0.25) is 0 Å². The third-order valence-corrected chi connectivity index (χ3v) is 4.90. The molecule has 1 aliphatic heterocycles. The Morgan fingerprint density at radius 1 is 1.45 bits per heavy atom. The molecule has 2 rings (SSSR count). The Bertz CT molecular complexity index is 618. The van der Waals surface area contributed by atoms with Gasteiger partial charge in [-0.3, -0.25) is 10.1 Å². The number of nitrogens with zero attached hydrogens (tertiary/aromatic N) is 2. The SMILES string of the molecule is NNc1cc([N+](=O)[O-])cc(NCC2CCS(=O)(=O)C2)n1. The summed E-state index contributed by atoms with van der Waals surface area (Å²) in [6.45, 7) is 0.400. The van der Waals surface area contributed by atoms with Crippen LogP contribution in [0.5, 0.6) is 0 Å². The van der Waals surface area contributed by atoms with Gasteiger partial charge in [-0.2, -0.15) is 0 Å². The first-order valence-electron chi connectivity index (χ1n) is 5.97. The van der Waals surface area contributed by atoms with Crippen LogP contribution in [-0.4, -0.2) is 36.4 Å². The van der Waals surface area contributed by atoms with Gasteiger partial charge < -0.3 is 10.7 Å². The van der Waals surface area contributed by atoms with Crippen molar-refractivity contribution < 1.29 is 13.3 Å². The van der Waals surface area contributed by atoms with E-state index in [-0.39, 0.29) is 34.7 Å². The van der Waals surface area contributed by atoms with Crippen molar-refractivity contribution in [2.75, 3.05) is 28.8 Å². The van der Waals surface area contributed by atoms with Crippen LogP contribution in [0.25, 0.3) is 0 Å². The average molecular weight is 301 g/mol. The molecule has 10 heteroatoms. The summed E-state index contributed by atoms with van der Waals surface area (Å²) in [7, 11) is -2.94. The summed E-state index contributed by atoms with van der Waals surface area (Å²) in [5.41, 5.74) is 2.11. The molecule has 0 spiro atoms. The molecule has 0 radical (unpaired) electrons. The van der Waals surface area contributed by atoms with Crippen molar-refractivity contribution in [1.82, 2.24) is 4.98 Å². The number of hydrogen-bond donors (Lipinski definition) is 3. The second kappa shape index (κ2) is 5.59. The number of anilines is 2. The Balaban J connectivity index is 2.06. The predicted molar refractivity (Wildman–Crippen MR) is 74.0 cm³/mol. The van der Waals surface area contributed by atoms with E-state index in [9.17, 15) is 18.5 Å². The Kier molecular flexibility index (Phi) is 4.04. The summed E-state index contributed by atoms with van der Waals surface area (Å²) in [5.74, 6) is 5.98. The zero-order valence-electron chi connectivity index (χ0n) is 10.6. The summed E-state index contributed by atoms with van der Waals surface area (Å²) in [5, 5.41) is 13.7. The number of hydrogen-bond acceptors (Lipinski definition) is 8. The van der Waals surface area contributed by atoms with Crippen molar-refractivity contribution in [1.29, 1.82) is 0 Å². The van der Waals surface area contributed by atoms with Gasteiger partial charge in [0.1, 0.15) is 11.6 Å². The third kappa shape index (κ3) is 3.54. The van der Waals surface area contributed by atoms with E-state index in [0.29, 0.717) is 13.0 Å². The van der Waals surface area contributed by atoms with E-state index < -0.39 is 14.8 Å². The molecular weight excluding hydrogens is 286 g/mol. The highest BCUT2D eigenvalue weighted by Gasteiger charge is 2.27. The third-order valence-electron chi connectivity index (χ3n) is 3.07. The largest absolute Gasteiger partial charge is 0.369 e. The highest BCUT2D eigenvalue weighted by Crippen LogP contribution is 2.22. The molecule has 1 fully saturated rings. The second-order valence-corrected chi connectivity index (χ2v) is 6.88. The minimum absolute atomic E-state index is 0.00431. The topological polar surface area (TPSA) is 140 Å². The molecule has 0 aromatic carbocycles. The van der Waals surface area contributed by atoms with Crippen LogP contribution in [0.3, 0.4) is 0 Å². The quantitative estimate of drug-likeness (QED) is 0.396. The lowest BCUT2D eigenvalue weighted by atomic mass is 10.1. The van der Waals surface area contributed by atoms with E-state index in [4.69, 9.17) is 5.84 Å². The standard InChI is InChI=1S/C10H15N5O4S/c11-14-10-4-8(15(16)17)3-9(13-10)12-5-7-1-2-20(18,19)6-7/h3-4,7H,1-2,5-6,11H2,(H2,12,13,14). The number of hydrazine groups is 1. The highest BCUT2D eigenvalue weighted by atomic mass is 32.2. The maximum absolute atomic E-state index is 11.3. The van der Waals surface area contributed by atoms with E-state index in [2.05, 4.69) is 15.7 Å². The minimum Gasteiger partial charge on any atom is -0.369 e. The number of rotatable bonds is 5. The Labute approximate surface area is 115 Å². The van der Waals surface area contributed by atoms with Crippen LogP contribution in [0.1, 0.15) is 6.42 Å². The number of pyridine rings is 1. The van der Waals surface area contributed by atoms with Crippen molar-refractivity contribution in [3.05, 3.63) is 22.2 Å². The monoisotopic (exact) mass is 301 g/mol. The van der Waals surface area contributed by atoms with E-state index in [1.54, 1.807) is 0 Å². The first-order valence-corrected chi connectivity index (χ1v) is 7.79. The molecule has 1 aromatic heterocycles. The number of nitrogens with two attached hydrogens (primary N) is 1. The summed E-state index contributed by atoms with van der Waals surface area (Å²) in [6.07, 6.45) is 0.590. The van der Waals surface area contributed by atoms with Crippen LogP contribution in [0.4, 0.5) is 17.3 Å². The first kappa shape index (κ1) is 14.5. The Hall–Kier alpha value is -1.94. The number of aromatic nitrogens is 1. The molecule has 0 saturated carbocycles. The van der Waals surface area contributed by atoms with Gasteiger partial charge >= 0.3 is 0 Å². The van der Waals surface area contributed by atoms with Crippen LogP contribution >= 0.6 is 0 Å². The summed E-state index contributed by atoms with van der Waals surface area (Å²) in [6, 6.07) is 2.50. The van der Waals surface area contributed by atoms with Crippen LogP contribution in [0, 0.1) is 16.0 Å². The fourth-order valence-electron chi connectivity index (χ4n) is 2.07. The van der Waals surface area contributed by atoms with Gasteiger partial charge in [-0.1, -0.05) is 0 Å². The molecule has 20 heavy (non-hydrogen) atoms. The van der Waals surface area contributed by atoms with Gasteiger partial charge in [0, 0.05) is 6.54 Å². The van der Waals surface area contributed by atoms with Crippen molar-refractivity contribution in [2.24, 2.45) is 11.8 Å². The molecule has 1 unspecified atom stereocenters. The minimum atomic E-state index is -2.94. The van der Waals surface area contributed by atoms with E-state index in [0.717, 1.165) is 0 Å². The summed E-state index contributed by atoms with van der Waals surface area (Å²) < 4.78 is 22.7. The molecule has 1 saturated heterocycles. The van der Waals surface area contributed by atoms with Gasteiger partial charge in [0.25, 0.3) is 5.69 Å². The summed E-state index contributed by atoms with van der Waals surface area (Å²) >= 11 is 0. The number of nitro groups is 1. The fraction of sp³-hybridized carbons (Fsp3) is 0.500. The van der Waals surface area contributed by atoms with Gasteiger partial charge in [0.15, 0.2) is 9.84 Å². The fourth-order valence-corrected chi connectivity index (χ4v) is 3.93. The molecule has 110 valence electrons. The molecule has 0 amide bonds. The smallest absolute Gasteiger partial charge is 0.276 e. The van der Waals surface area contributed by atoms with E-state index in [1.807, 2.05) is 0 Å². The van der Waals surface area contributed by atoms with Crippen molar-refractivity contribution in [2.45, 2.75) is 6.42 Å². The lowest BCUT2D eigenvalue weighted by Gasteiger charge is -2.11. The Morgan fingerprint density at radius 3 is 2.70 bits per heavy atom. The molecule has 9 nitrogen and oxygen atoms in total. The number of nitrogens with one attached hydrogen (secondary N) is 2. The zero-order valence-corrected chi connectivity index (χ0v) is 11.4. The predicted octanol–water partition coefficient (Wildman–Crippen LogP) is 0.122. The lowest BCUT2D eigenvalue weighted by Crippen LogP contribution is -2.17. The molecule has 0 bridgehead atoms. The molecule has 1 aromatic rings. The maximum Gasteiger partial charge on any atom is 0.276 e. The normalized spacial score (nSPS) is 20.6. The highest BCUT2D eigenvalue weighted by molar-refractivity contribution is 7.91. The van der Waals surface area contributed by atoms with Crippen LogP contribution < -0.4 is 16.6 Å². The molecule has 2 heterocycles. The molecule has 4 N–H and O–H groups in total. The van der Waals surface area contributed by atoms with E-state index >= 15 is 0 Å². The van der Waals surface area contributed by atoms with Crippen LogP contribution in [0.2, 0.25) is 0 Å². The van der Waals surface area contributed by atoms with Gasteiger partial charge in [-0.05, 0) is 12.3 Å². The molecule has 1 aliphatic rings. The van der Waals surface area contributed by atoms with Crippen molar-refractivity contribution in [3.63, 3.8) is 0 Å². The number of nitrogen functional groups attached to an aromatic ring is 1. The first-order chi connectivity index (χ1) is 9.39. The maximum atomic E-state index is 11.3. The van der Waals surface area contributed by atoms with Gasteiger partial charge in [-0.25, -0.2) is 19.2 Å². The van der Waals surface area contributed by atoms with Crippen molar-refractivity contribution >= 4 is 27.2 Å². The van der Waals surface area contributed by atoms with Gasteiger partial charge in [-0.15, -0.1) is 0 Å². The number of sulfone groups is 1. The Morgan fingerprint density at radius 2 is 2.15 bits per heavy atom. The molecular formula is C10H15N5O4S. The van der Waals surface area contributed by atoms with Crippen LogP contribution in [-0.2, 0) is 9.84 Å². The van der Waals surface area contributed by atoms with Gasteiger partial charge in [0.05, 0.1) is 28.6 Å². The average Bonchev–Trinajstić information content (AvgIpc) is 2.75. The molecule has 1 atom stereocenters. The van der Waals surface area contributed by atoms with Crippen molar-refractivity contribution in [3.8, 4) is 0 Å².